The van der Waals surface area contributed by atoms with Gasteiger partial charge in [-0.3, -0.25) is 9.69 Å². The van der Waals surface area contributed by atoms with Crippen LogP contribution in [-0.4, -0.2) is 49.3 Å². The molecule has 1 aliphatic rings. The minimum atomic E-state index is -0.300. The zero-order valence-corrected chi connectivity index (χ0v) is 12.4. The van der Waals surface area contributed by atoms with Gasteiger partial charge in [-0.1, -0.05) is 0 Å². The Balaban J connectivity index is 1.58. The van der Waals surface area contributed by atoms with Crippen LogP contribution in [0.5, 0.6) is 0 Å². The molecule has 1 saturated heterocycles. The van der Waals surface area contributed by atoms with E-state index in [2.05, 4.69) is 15.2 Å². The van der Waals surface area contributed by atoms with E-state index >= 15 is 0 Å². The normalized spacial score (nSPS) is 16.0. The summed E-state index contributed by atoms with van der Waals surface area (Å²) >= 11 is 0. The van der Waals surface area contributed by atoms with Crippen molar-refractivity contribution < 1.29 is 9.13 Å². The standard InChI is InChI=1S/C16H20FN3O2/c17-13-10-12-2-3-16(21)19-14(12)11-15(13)18-4-1-5-20-6-8-22-9-7-20/h2-3,10-11,18H,1,4-9H2,(H,19,21). The summed E-state index contributed by atoms with van der Waals surface area (Å²) in [5, 5.41) is 3.80. The molecule has 2 aromatic rings. The Bertz CT molecular complexity index is 695. The van der Waals surface area contributed by atoms with Crippen molar-refractivity contribution in [2.75, 3.05) is 44.7 Å². The fraction of sp³-hybridized carbons (Fsp3) is 0.438. The summed E-state index contributed by atoms with van der Waals surface area (Å²) in [4.78, 5) is 16.4. The van der Waals surface area contributed by atoms with Gasteiger partial charge in [-0.15, -0.1) is 0 Å². The quantitative estimate of drug-likeness (QED) is 0.827. The van der Waals surface area contributed by atoms with Gasteiger partial charge in [0.15, 0.2) is 0 Å². The third kappa shape index (κ3) is 3.64. The highest BCUT2D eigenvalue weighted by molar-refractivity contribution is 5.82. The molecule has 0 aliphatic carbocycles. The smallest absolute Gasteiger partial charge is 0.248 e. The summed E-state index contributed by atoms with van der Waals surface area (Å²) in [5.41, 5.74) is 0.887. The summed E-state index contributed by atoms with van der Waals surface area (Å²) in [7, 11) is 0. The summed E-state index contributed by atoms with van der Waals surface area (Å²) in [6.45, 7) is 5.18. The Morgan fingerprint density at radius 1 is 1.27 bits per heavy atom. The van der Waals surface area contributed by atoms with Gasteiger partial charge in [0.2, 0.25) is 5.56 Å². The summed E-state index contributed by atoms with van der Waals surface area (Å²) in [5.74, 6) is -0.300. The van der Waals surface area contributed by atoms with E-state index in [0.717, 1.165) is 39.3 Å². The molecule has 0 spiro atoms. The van der Waals surface area contributed by atoms with Gasteiger partial charge in [-0.2, -0.15) is 0 Å². The zero-order chi connectivity index (χ0) is 15.4. The monoisotopic (exact) mass is 305 g/mol. The van der Waals surface area contributed by atoms with E-state index < -0.39 is 0 Å². The number of benzene rings is 1. The van der Waals surface area contributed by atoms with Crippen molar-refractivity contribution in [2.24, 2.45) is 0 Å². The maximum absolute atomic E-state index is 14.0. The first-order valence-corrected chi connectivity index (χ1v) is 7.59. The third-order valence-corrected chi connectivity index (χ3v) is 3.88. The number of aromatic amines is 1. The van der Waals surface area contributed by atoms with Gasteiger partial charge in [-0.25, -0.2) is 4.39 Å². The van der Waals surface area contributed by atoms with Crippen molar-refractivity contribution in [3.63, 3.8) is 0 Å². The average molecular weight is 305 g/mol. The molecule has 0 saturated carbocycles. The molecule has 22 heavy (non-hydrogen) atoms. The van der Waals surface area contributed by atoms with Crippen LogP contribution in [0.3, 0.4) is 0 Å². The number of nitrogens with one attached hydrogen (secondary N) is 2. The molecular weight excluding hydrogens is 285 g/mol. The summed E-state index contributed by atoms with van der Waals surface area (Å²) < 4.78 is 19.3. The molecular formula is C16H20FN3O2. The lowest BCUT2D eigenvalue weighted by Gasteiger charge is -2.26. The lowest BCUT2D eigenvalue weighted by atomic mass is 10.2. The van der Waals surface area contributed by atoms with E-state index in [4.69, 9.17) is 4.74 Å². The number of hydrogen-bond acceptors (Lipinski definition) is 4. The first-order valence-electron chi connectivity index (χ1n) is 7.59. The van der Waals surface area contributed by atoms with Crippen LogP contribution in [-0.2, 0) is 4.74 Å². The molecule has 1 aromatic heterocycles. The molecule has 2 N–H and O–H groups in total. The number of H-pyrrole nitrogens is 1. The van der Waals surface area contributed by atoms with Crippen LogP contribution < -0.4 is 10.9 Å². The topological polar surface area (TPSA) is 57.4 Å². The lowest BCUT2D eigenvalue weighted by Crippen LogP contribution is -2.37. The van der Waals surface area contributed by atoms with Crippen LogP contribution in [0.25, 0.3) is 10.9 Å². The Hall–Kier alpha value is -1.92. The molecule has 1 fully saturated rings. The summed E-state index contributed by atoms with van der Waals surface area (Å²) in [6, 6.07) is 6.12. The largest absolute Gasteiger partial charge is 0.383 e. The van der Waals surface area contributed by atoms with E-state index in [1.54, 1.807) is 12.1 Å². The highest BCUT2D eigenvalue weighted by Gasteiger charge is 2.10. The first-order chi connectivity index (χ1) is 10.7. The van der Waals surface area contributed by atoms with Crippen LogP contribution in [0.1, 0.15) is 6.42 Å². The van der Waals surface area contributed by atoms with Crippen molar-refractivity contribution in [1.82, 2.24) is 9.88 Å². The van der Waals surface area contributed by atoms with Gasteiger partial charge in [0.1, 0.15) is 5.82 Å². The van der Waals surface area contributed by atoms with E-state index in [0.29, 0.717) is 23.1 Å². The zero-order valence-electron chi connectivity index (χ0n) is 12.4. The molecule has 118 valence electrons. The van der Waals surface area contributed by atoms with Crippen molar-refractivity contribution in [3.05, 3.63) is 40.4 Å². The number of aromatic nitrogens is 1. The van der Waals surface area contributed by atoms with E-state index in [9.17, 15) is 9.18 Å². The van der Waals surface area contributed by atoms with Gasteiger partial charge >= 0.3 is 0 Å². The second-order valence-corrected chi connectivity index (χ2v) is 5.48. The molecule has 2 heterocycles. The molecule has 1 aromatic carbocycles. The SMILES string of the molecule is O=c1ccc2cc(F)c(NCCCN3CCOCC3)cc2[nH]1. The van der Waals surface area contributed by atoms with Gasteiger partial charge in [0, 0.05) is 31.1 Å². The highest BCUT2D eigenvalue weighted by Crippen LogP contribution is 2.20. The van der Waals surface area contributed by atoms with Gasteiger partial charge in [-0.05, 0) is 31.2 Å². The molecule has 1 aliphatic heterocycles. The second-order valence-electron chi connectivity index (χ2n) is 5.48. The molecule has 6 heteroatoms. The molecule has 0 atom stereocenters. The predicted molar refractivity (Wildman–Crippen MR) is 84.9 cm³/mol. The molecule has 0 unspecified atom stereocenters. The number of anilines is 1. The van der Waals surface area contributed by atoms with Crippen molar-refractivity contribution >= 4 is 16.6 Å². The predicted octanol–water partition coefficient (Wildman–Crippen LogP) is 1.80. The Kier molecular flexibility index (Phi) is 4.70. The van der Waals surface area contributed by atoms with Gasteiger partial charge in [0.25, 0.3) is 0 Å². The second kappa shape index (κ2) is 6.89. The number of ether oxygens (including phenoxy) is 1. The number of morpholine rings is 1. The van der Waals surface area contributed by atoms with Crippen molar-refractivity contribution in [1.29, 1.82) is 0 Å². The van der Waals surface area contributed by atoms with Crippen molar-refractivity contribution in [3.8, 4) is 0 Å². The lowest BCUT2D eigenvalue weighted by molar-refractivity contribution is 0.0378. The molecule has 0 bridgehead atoms. The van der Waals surface area contributed by atoms with Crippen LogP contribution in [0.15, 0.2) is 29.1 Å². The van der Waals surface area contributed by atoms with Crippen LogP contribution in [0.2, 0.25) is 0 Å². The number of rotatable bonds is 5. The molecule has 3 rings (SSSR count). The number of fused-ring (bicyclic) bond motifs is 1. The first kappa shape index (κ1) is 15.0. The van der Waals surface area contributed by atoms with Crippen LogP contribution >= 0.6 is 0 Å². The molecule has 0 amide bonds. The minimum Gasteiger partial charge on any atom is -0.383 e. The van der Waals surface area contributed by atoms with Gasteiger partial charge in [0.05, 0.1) is 24.4 Å². The molecule has 5 nitrogen and oxygen atoms in total. The molecule has 0 radical (unpaired) electrons. The Labute approximate surface area is 128 Å². The van der Waals surface area contributed by atoms with Crippen molar-refractivity contribution in [2.45, 2.75) is 6.42 Å². The summed E-state index contributed by atoms with van der Waals surface area (Å²) in [6.07, 6.45) is 0.933. The van der Waals surface area contributed by atoms with E-state index in [-0.39, 0.29) is 11.4 Å². The number of pyridine rings is 1. The fourth-order valence-electron chi connectivity index (χ4n) is 2.66. The Morgan fingerprint density at radius 3 is 2.91 bits per heavy atom. The number of hydrogen-bond donors (Lipinski definition) is 2. The highest BCUT2D eigenvalue weighted by atomic mass is 19.1. The Morgan fingerprint density at radius 2 is 2.09 bits per heavy atom. The van der Waals surface area contributed by atoms with E-state index in [1.807, 2.05) is 0 Å². The van der Waals surface area contributed by atoms with Crippen LogP contribution in [0.4, 0.5) is 10.1 Å². The van der Waals surface area contributed by atoms with E-state index in [1.165, 1.54) is 12.1 Å². The average Bonchev–Trinajstić information content (AvgIpc) is 2.53. The number of nitrogens with zero attached hydrogens (tertiary/aromatic N) is 1. The van der Waals surface area contributed by atoms with Gasteiger partial charge < -0.3 is 15.0 Å². The fourth-order valence-corrected chi connectivity index (χ4v) is 2.66. The maximum atomic E-state index is 14.0. The maximum Gasteiger partial charge on any atom is 0.248 e. The van der Waals surface area contributed by atoms with Crippen LogP contribution in [0, 0.1) is 5.82 Å². The number of halogens is 1. The third-order valence-electron chi connectivity index (χ3n) is 3.88. The minimum absolute atomic E-state index is 0.183.